The Morgan fingerprint density at radius 3 is 2.17 bits per heavy atom. The van der Waals surface area contributed by atoms with Gasteiger partial charge in [0.25, 0.3) is 0 Å². The molecule has 0 aromatic heterocycles. The first-order valence-corrected chi connectivity index (χ1v) is 9.60. The highest BCUT2D eigenvalue weighted by molar-refractivity contribution is 5.73. The molecule has 2 aromatic rings. The second kappa shape index (κ2) is 10.5. The van der Waals surface area contributed by atoms with Crippen molar-refractivity contribution >= 4 is 5.91 Å². The summed E-state index contributed by atoms with van der Waals surface area (Å²) in [5, 5.41) is 23.8. The van der Waals surface area contributed by atoms with E-state index < -0.39 is 30.6 Å². The van der Waals surface area contributed by atoms with E-state index in [1.807, 2.05) is 60.7 Å². The maximum atomic E-state index is 11.6. The Morgan fingerprint density at radius 2 is 1.59 bits per heavy atom. The van der Waals surface area contributed by atoms with Crippen LogP contribution in [0.4, 0.5) is 0 Å². The molecule has 7 nitrogen and oxygen atoms in total. The Balaban J connectivity index is 1.64. The quantitative estimate of drug-likeness (QED) is 0.618. The van der Waals surface area contributed by atoms with Gasteiger partial charge in [0.1, 0.15) is 24.4 Å². The van der Waals surface area contributed by atoms with Crippen molar-refractivity contribution in [3.8, 4) is 0 Å². The summed E-state index contributed by atoms with van der Waals surface area (Å²) < 4.78 is 17.1. The second-order valence-corrected chi connectivity index (χ2v) is 7.04. The zero-order valence-electron chi connectivity index (χ0n) is 16.3. The smallest absolute Gasteiger partial charge is 0.217 e. The molecule has 1 aliphatic rings. The number of carbonyl (C=O) groups excluding carboxylic acids is 1. The van der Waals surface area contributed by atoms with Crippen LogP contribution in [0.15, 0.2) is 60.7 Å². The van der Waals surface area contributed by atoms with Gasteiger partial charge in [-0.05, 0) is 11.1 Å². The van der Waals surface area contributed by atoms with Gasteiger partial charge >= 0.3 is 0 Å². The van der Waals surface area contributed by atoms with Crippen LogP contribution in [0.25, 0.3) is 0 Å². The third-order valence-corrected chi connectivity index (χ3v) is 4.74. The lowest BCUT2D eigenvalue weighted by Gasteiger charge is -2.42. The lowest BCUT2D eigenvalue weighted by molar-refractivity contribution is -0.266. The molecule has 7 heteroatoms. The van der Waals surface area contributed by atoms with E-state index >= 15 is 0 Å². The van der Waals surface area contributed by atoms with Crippen LogP contribution in [0.5, 0.6) is 0 Å². The summed E-state index contributed by atoms with van der Waals surface area (Å²) in [5.74, 6) is -0.350. The largest absolute Gasteiger partial charge is 0.388 e. The first-order valence-electron chi connectivity index (χ1n) is 9.60. The normalized spacial score (nSPS) is 26.8. The molecule has 2 aromatic carbocycles. The van der Waals surface area contributed by atoms with Crippen molar-refractivity contribution in [3.63, 3.8) is 0 Å². The van der Waals surface area contributed by atoms with Crippen LogP contribution >= 0.6 is 0 Å². The van der Waals surface area contributed by atoms with Crippen molar-refractivity contribution in [1.29, 1.82) is 0 Å². The molecule has 1 fully saturated rings. The average molecular weight is 401 g/mol. The van der Waals surface area contributed by atoms with Gasteiger partial charge < -0.3 is 29.7 Å². The van der Waals surface area contributed by atoms with Gasteiger partial charge in [0.05, 0.1) is 19.8 Å². The van der Waals surface area contributed by atoms with Crippen LogP contribution in [0.3, 0.4) is 0 Å². The molecule has 3 N–H and O–H groups in total. The minimum absolute atomic E-state index is 0.0745. The maximum absolute atomic E-state index is 11.6. The number of nitrogens with one attached hydrogen (secondary N) is 1. The third-order valence-electron chi connectivity index (χ3n) is 4.74. The molecule has 1 saturated heterocycles. The van der Waals surface area contributed by atoms with E-state index in [4.69, 9.17) is 14.2 Å². The molecule has 0 radical (unpaired) electrons. The molecule has 0 spiro atoms. The zero-order chi connectivity index (χ0) is 20.6. The summed E-state index contributed by atoms with van der Waals surface area (Å²) in [5.41, 5.74) is 1.91. The predicted molar refractivity (Wildman–Crippen MR) is 106 cm³/mol. The summed E-state index contributed by atoms with van der Waals surface area (Å²) in [7, 11) is 0. The Labute approximate surface area is 170 Å². The number of benzene rings is 2. The topological polar surface area (TPSA) is 97.3 Å². The van der Waals surface area contributed by atoms with Crippen LogP contribution in [-0.2, 0) is 32.2 Å². The van der Waals surface area contributed by atoms with Gasteiger partial charge in [-0.3, -0.25) is 4.79 Å². The molecule has 1 aliphatic heterocycles. The number of aliphatic hydroxyl groups is 2. The Bertz CT molecular complexity index is 756. The number of aliphatic hydroxyl groups excluding tert-OH is 2. The number of ether oxygens (including phenoxy) is 3. The third kappa shape index (κ3) is 6.09. The lowest BCUT2D eigenvalue weighted by Crippen LogP contribution is -2.64. The maximum Gasteiger partial charge on any atom is 0.217 e. The molecule has 1 amide bonds. The summed E-state index contributed by atoms with van der Waals surface area (Å²) in [4.78, 5) is 11.6. The molecule has 0 unspecified atom stereocenters. The van der Waals surface area contributed by atoms with Gasteiger partial charge in [0.15, 0.2) is 6.29 Å². The number of hydrogen-bond acceptors (Lipinski definition) is 6. The van der Waals surface area contributed by atoms with E-state index in [0.29, 0.717) is 6.61 Å². The fraction of sp³-hybridized carbons (Fsp3) is 0.409. The molecular weight excluding hydrogens is 374 g/mol. The molecule has 3 rings (SSSR count). The van der Waals surface area contributed by atoms with E-state index in [2.05, 4.69) is 5.32 Å². The van der Waals surface area contributed by atoms with Gasteiger partial charge in [0, 0.05) is 6.92 Å². The van der Waals surface area contributed by atoms with Crippen LogP contribution in [0.2, 0.25) is 0 Å². The average Bonchev–Trinajstić information content (AvgIpc) is 2.72. The second-order valence-electron chi connectivity index (χ2n) is 7.04. The lowest BCUT2D eigenvalue weighted by atomic mass is 9.96. The van der Waals surface area contributed by atoms with Crippen LogP contribution < -0.4 is 5.32 Å². The SMILES string of the molecule is CC(=O)N[C@H]1[C@@H](OCc2ccccc2)[C@@H](O)[C@@H](COCc2ccccc2)O[C@H]1O. The van der Waals surface area contributed by atoms with Crippen molar-refractivity contribution in [1.82, 2.24) is 5.32 Å². The van der Waals surface area contributed by atoms with E-state index in [-0.39, 0.29) is 19.1 Å². The fourth-order valence-corrected chi connectivity index (χ4v) is 3.29. The molecule has 156 valence electrons. The summed E-state index contributed by atoms with van der Waals surface area (Å²) in [6, 6.07) is 18.2. The Morgan fingerprint density at radius 1 is 1.00 bits per heavy atom. The van der Waals surface area contributed by atoms with Crippen molar-refractivity contribution < 1.29 is 29.2 Å². The predicted octanol–water partition coefficient (Wildman–Crippen LogP) is 1.37. The van der Waals surface area contributed by atoms with Crippen molar-refractivity contribution in [2.75, 3.05) is 6.61 Å². The first-order chi connectivity index (χ1) is 14.0. The van der Waals surface area contributed by atoms with Gasteiger partial charge in [-0.25, -0.2) is 0 Å². The standard InChI is InChI=1S/C22H27NO6/c1-15(24)23-19-21(28-13-17-10-6-3-7-11-17)20(25)18(29-22(19)26)14-27-12-16-8-4-2-5-9-16/h2-11,18-22,25-26H,12-14H2,1H3,(H,23,24)/t18-,19+,20+,21-,22-/m1/s1. The Kier molecular flexibility index (Phi) is 7.74. The fourth-order valence-electron chi connectivity index (χ4n) is 3.29. The molecule has 0 bridgehead atoms. The monoisotopic (exact) mass is 401 g/mol. The van der Waals surface area contributed by atoms with E-state index in [0.717, 1.165) is 11.1 Å². The van der Waals surface area contributed by atoms with Crippen molar-refractivity contribution in [3.05, 3.63) is 71.8 Å². The zero-order valence-corrected chi connectivity index (χ0v) is 16.3. The highest BCUT2D eigenvalue weighted by Crippen LogP contribution is 2.24. The van der Waals surface area contributed by atoms with Crippen LogP contribution in [0.1, 0.15) is 18.1 Å². The van der Waals surface area contributed by atoms with Gasteiger partial charge in [0.2, 0.25) is 5.91 Å². The molecular formula is C22H27NO6. The highest BCUT2D eigenvalue weighted by Gasteiger charge is 2.46. The van der Waals surface area contributed by atoms with E-state index in [1.165, 1.54) is 6.92 Å². The minimum atomic E-state index is -1.33. The summed E-state index contributed by atoms with van der Waals surface area (Å²) in [6.45, 7) is 1.99. The highest BCUT2D eigenvalue weighted by atomic mass is 16.6. The minimum Gasteiger partial charge on any atom is -0.388 e. The van der Waals surface area contributed by atoms with E-state index in [1.54, 1.807) is 0 Å². The number of rotatable bonds is 8. The number of amides is 1. The van der Waals surface area contributed by atoms with Gasteiger partial charge in [-0.1, -0.05) is 60.7 Å². The molecule has 29 heavy (non-hydrogen) atoms. The first kappa shape index (κ1) is 21.4. The van der Waals surface area contributed by atoms with Crippen LogP contribution in [-0.4, -0.2) is 53.4 Å². The van der Waals surface area contributed by atoms with Gasteiger partial charge in [-0.2, -0.15) is 0 Å². The molecule has 0 saturated carbocycles. The Hall–Kier alpha value is -2.29. The number of hydrogen-bond donors (Lipinski definition) is 3. The van der Waals surface area contributed by atoms with Crippen molar-refractivity contribution in [2.45, 2.75) is 50.8 Å². The van der Waals surface area contributed by atoms with E-state index in [9.17, 15) is 15.0 Å². The summed E-state index contributed by atoms with van der Waals surface area (Å²) in [6.07, 6.45) is -4.06. The molecule has 5 atom stereocenters. The molecule has 0 aliphatic carbocycles. The summed E-state index contributed by atoms with van der Waals surface area (Å²) >= 11 is 0. The molecule has 1 heterocycles. The van der Waals surface area contributed by atoms with Crippen molar-refractivity contribution in [2.24, 2.45) is 0 Å². The van der Waals surface area contributed by atoms with Crippen LogP contribution in [0, 0.1) is 0 Å². The van der Waals surface area contributed by atoms with Gasteiger partial charge in [-0.15, -0.1) is 0 Å². The number of carbonyl (C=O) groups is 1.